The van der Waals surface area contributed by atoms with Crippen molar-refractivity contribution < 1.29 is 4.79 Å². The molecule has 2 aliphatic carbocycles. The van der Waals surface area contributed by atoms with Gasteiger partial charge in [0.2, 0.25) is 5.91 Å². The standard InChI is InChI=1S/C15H28N2O/c1-15(2,3)8-12(9-16)14(18)17(13-6-7-13)10-11-4-5-11/h11-13H,4-10,16H2,1-3H3. The van der Waals surface area contributed by atoms with E-state index < -0.39 is 0 Å². The molecule has 3 nitrogen and oxygen atoms in total. The molecule has 0 saturated heterocycles. The Hall–Kier alpha value is -0.570. The van der Waals surface area contributed by atoms with Crippen molar-refractivity contribution in [2.45, 2.75) is 58.9 Å². The molecule has 0 spiro atoms. The molecule has 2 N–H and O–H groups in total. The second-order valence-electron chi connectivity index (χ2n) is 7.36. The number of nitrogens with two attached hydrogens (primary N) is 1. The van der Waals surface area contributed by atoms with Crippen LogP contribution in [0, 0.1) is 17.3 Å². The molecular weight excluding hydrogens is 224 g/mol. The van der Waals surface area contributed by atoms with E-state index in [0.717, 1.165) is 18.9 Å². The summed E-state index contributed by atoms with van der Waals surface area (Å²) in [5.74, 6) is 1.12. The molecule has 2 rings (SSSR count). The molecule has 104 valence electrons. The summed E-state index contributed by atoms with van der Waals surface area (Å²) in [6, 6.07) is 0.534. The van der Waals surface area contributed by atoms with Gasteiger partial charge in [0.15, 0.2) is 0 Å². The van der Waals surface area contributed by atoms with E-state index in [9.17, 15) is 4.79 Å². The number of rotatable bonds is 6. The van der Waals surface area contributed by atoms with E-state index >= 15 is 0 Å². The minimum absolute atomic E-state index is 0.0179. The van der Waals surface area contributed by atoms with Gasteiger partial charge in [0.05, 0.1) is 5.92 Å². The van der Waals surface area contributed by atoms with Gasteiger partial charge in [-0.05, 0) is 43.4 Å². The Morgan fingerprint density at radius 1 is 1.28 bits per heavy atom. The molecule has 1 amide bonds. The van der Waals surface area contributed by atoms with Gasteiger partial charge < -0.3 is 10.6 Å². The highest BCUT2D eigenvalue weighted by Gasteiger charge is 2.39. The number of amides is 1. The molecule has 2 saturated carbocycles. The maximum Gasteiger partial charge on any atom is 0.227 e. The zero-order valence-corrected chi connectivity index (χ0v) is 12.1. The van der Waals surface area contributed by atoms with E-state index in [2.05, 4.69) is 25.7 Å². The van der Waals surface area contributed by atoms with Crippen LogP contribution in [0.5, 0.6) is 0 Å². The van der Waals surface area contributed by atoms with Gasteiger partial charge in [0.25, 0.3) is 0 Å². The minimum atomic E-state index is 0.0179. The summed E-state index contributed by atoms with van der Waals surface area (Å²) in [5, 5.41) is 0. The van der Waals surface area contributed by atoms with E-state index in [1.54, 1.807) is 0 Å². The monoisotopic (exact) mass is 252 g/mol. The molecule has 0 radical (unpaired) electrons. The quantitative estimate of drug-likeness (QED) is 0.789. The number of hydrogen-bond donors (Lipinski definition) is 1. The van der Waals surface area contributed by atoms with E-state index in [4.69, 9.17) is 5.73 Å². The van der Waals surface area contributed by atoms with Gasteiger partial charge in [-0.2, -0.15) is 0 Å². The van der Waals surface area contributed by atoms with Crippen LogP contribution in [0.4, 0.5) is 0 Å². The van der Waals surface area contributed by atoms with Crippen LogP contribution in [0.2, 0.25) is 0 Å². The van der Waals surface area contributed by atoms with Crippen LogP contribution < -0.4 is 5.73 Å². The molecule has 0 aromatic carbocycles. The first kappa shape index (κ1) is 13.9. The molecule has 3 heteroatoms. The highest BCUT2D eigenvalue weighted by atomic mass is 16.2. The summed E-state index contributed by atoms with van der Waals surface area (Å²) in [6.07, 6.45) is 5.92. The molecule has 1 unspecified atom stereocenters. The molecule has 0 bridgehead atoms. The smallest absolute Gasteiger partial charge is 0.227 e. The second kappa shape index (κ2) is 5.20. The number of carbonyl (C=O) groups excluding carboxylic acids is 1. The highest BCUT2D eigenvalue weighted by molar-refractivity contribution is 5.79. The lowest BCUT2D eigenvalue weighted by atomic mass is 9.84. The maximum atomic E-state index is 12.6. The fourth-order valence-corrected chi connectivity index (χ4v) is 2.63. The lowest BCUT2D eigenvalue weighted by Crippen LogP contribution is -2.42. The summed E-state index contributed by atoms with van der Waals surface area (Å²) < 4.78 is 0. The minimum Gasteiger partial charge on any atom is -0.339 e. The third kappa shape index (κ3) is 3.98. The van der Waals surface area contributed by atoms with Crippen molar-refractivity contribution >= 4 is 5.91 Å². The van der Waals surface area contributed by atoms with E-state index in [1.807, 2.05) is 0 Å². The lowest BCUT2D eigenvalue weighted by Gasteiger charge is -2.30. The molecule has 0 aliphatic heterocycles. The molecule has 0 aromatic rings. The first-order valence-electron chi connectivity index (χ1n) is 7.41. The Balaban J connectivity index is 1.95. The molecule has 0 heterocycles. The zero-order valence-electron chi connectivity index (χ0n) is 12.1. The Labute approximate surface area is 111 Å². The van der Waals surface area contributed by atoms with Gasteiger partial charge in [0, 0.05) is 19.1 Å². The molecular formula is C15H28N2O. The van der Waals surface area contributed by atoms with Crippen molar-refractivity contribution in [1.82, 2.24) is 4.90 Å². The second-order valence-corrected chi connectivity index (χ2v) is 7.36. The van der Waals surface area contributed by atoms with Gasteiger partial charge in [-0.25, -0.2) is 0 Å². The van der Waals surface area contributed by atoms with Crippen molar-refractivity contribution in [2.75, 3.05) is 13.1 Å². The predicted molar refractivity (Wildman–Crippen MR) is 74.1 cm³/mol. The predicted octanol–water partition coefficient (Wildman–Crippen LogP) is 2.40. The van der Waals surface area contributed by atoms with E-state index in [1.165, 1.54) is 25.7 Å². The highest BCUT2D eigenvalue weighted by Crippen LogP contribution is 2.36. The summed E-state index contributed by atoms with van der Waals surface area (Å²) >= 11 is 0. The average Bonchev–Trinajstić information content (AvgIpc) is 3.13. The molecule has 0 aromatic heterocycles. The first-order chi connectivity index (χ1) is 8.40. The Morgan fingerprint density at radius 3 is 2.28 bits per heavy atom. The van der Waals surface area contributed by atoms with Gasteiger partial charge in [-0.1, -0.05) is 20.8 Å². The molecule has 18 heavy (non-hydrogen) atoms. The van der Waals surface area contributed by atoms with Crippen molar-refractivity contribution in [3.05, 3.63) is 0 Å². The molecule has 2 fully saturated rings. The van der Waals surface area contributed by atoms with Crippen LogP contribution in [-0.2, 0) is 4.79 Å². The number of carbonyl (C=O) groups is 1. The van der Waals surface area contributed by atoms with Crippen LogP contribution in [0.25, 0.3) is 0 Å². The summed E-state index contributed by atoms with van der Waals surface area (Å²) in [5.41, 5.74) is 6.01. The maximum absolute atomic E-state index is 12.6. The van der Waals surface area contributed by atoms with Gasteiger partial charge >= 0.3 is 0 Å². The van der Waals surface area contributed by atoms with E-state index in [0.29, 0.717) is 18.5 Å². The van der Waals surface area contributed by atoms with Crippen LogP contribution in [0.1, 0.15) is 52.9 Å². The van der Waals surface area contributed by atoms with Crippen molar-refractivity contribution in [3.63, 3.8) is 0 Å². The third-order valence-corrected chi connectivity index (χ3v) is 3.92. The third-order valence-electron chi connectivity index (χ3n) is 3.92. The average molecular weight is 252 g/mol. The molecule has 1 atom stereocenters. The van der Waals surface area contributed by atoms with Gasteiger partial charge in [0.1, 0.15) is 0 Å². The number of hydrogen-bond acceptors (Lipinski definition) is 2. The Morgan fingerprint density at radius 2 is 1.89 bits per heavy atom. The number of nitrogens with zero attached hydrogens (tertiary/aromatic N) is 1. The van der Waals surface area contributed by atoms with Gasteiger partial charge in [-0.3, -0.25) is 4.79 Å². The van der Waals surface area contributed by atoms with Crippen LogP contribution in [-0.4, -0.2) is 29.9 Å². The Bertz CT molecular complexity index is 300. The molecule has 2 aliphatic rings. The summed E-state index contributed by atoms with van der Waals surface area (Å²) in [4.78, 5) is 14.8. The van der Waals surface area contributed by atoms with Crippen molar-refractivity contribution in [3.8, 4) is 0 Å². The largest absolute Gasteiger partial charge is 0.339 e. The van der Waals surface area contributed by atoms with Crippen molar-refractivity contribution in [2.24, 2.45) is 23.0 Å². The zero-order chi connectivity index (χ0) is 13.3. The van der Waals surface area contributed by atoms with Crippen molar-refractivity contribution in [1.29, 1.82) is 0 Å². The van der Waals surface area contributed by atoms with Crippen LogP contribution in [0.3, 0.4) is 0 Å². The SMILES string of the molecule is CC(C)(C)CC(CN)C(=O)N(CC1CC1)C1CC1. The van der Waals surface area contributed by atoms with Crippen LogP contribution >= 0.6 is 0 Å². The fraction of sp³-hybridized carbons (Fsp3) is 0.933. The van der Waals surface area contributed by atoms with E-state index in [-0.39, 0.29) is 11.3 Å². The normalized spacial score (nSPS) is 21.8. The fourth-order valence-electron chi connectivity index (χ4n) is 2.63. The summed E-state index contributed by atoms with van der Waals surface area (Å²) in [7, 11) is 0. The lowest BCUT2D eigenvalue weighted by molar-refractivity contribution is -0.137. The van der Waals surface area contributed by atoms with Gasteiger partial charge in [-0.15, -0.1) is 0 Å². The summed E-state index contributed by atoms with van der Waals surface area (Å²) in [6.45, 7) is 8.04. The topological polar surface area (TPSA) is 46.3 Å². The first-order valence-corrected chi connectivity index (χ1v) is 7.41. The Kier molecular flexibility index (Phi) is 4.00. The van der Waals surface area contributed by atoms with Crippen LogP contribution in [0.15, 0.2) is 0 Å².